The average molecular weight is 280 g/mol. The second-order valence-corrected chi connectivity index (χ2v) is 5.64. The Balaban J connectivity index is 3.15. The lowest BCUT2D eigenvalue weighted by Gasteiger charge is -2.22. The maximum absolute atomic E-state index is 12.2. The molecular weight excluding hydrogens is 256 g/mol. The maximum atomic E-state index is 12.2. The summed E-state index contributed by atoms with van der Waals surface area (Å²) in [6, 6.07) is 3.68. The van der Waals surface area contributed by atoms with E-state index in [0.717, 1.165) is 5.56 Å². The van der Waals surface area contributed by atoms with Gasteiger partial charge in [0.25, 0.3) is 5.91 Å². The van der Waals surface area contributed by atoms with E-state index in [9.17, 15) is 4.79 Å². The summed E-state index contributed by atoms with van der Waals surface area (Å²) in [6.07, 6.45) is 0. The summed E-state index contributed by atoms with van der Waals surface area (Å²) in [5.41, 5.74) is 7.81. The van der Waals surface area contributed by atoms with Crippen molar-refractivity contribution < 1.29 is 14.3 Å². The number of anilines is 1. The van der Waals surface area contributed by atoms with E-state index >= 15 is 0 Å². The minimum atomic E-state index is -0.211. The Morgan fingerprint density at radius 2 is 1.95 bits per heavy atom. The lowest BCUT2D eigenvalue weighted by Crippen LogP contribution is -2.28. The molecule has 112 valence electrons. The highest BCUT2D eigenvalue weighted by Crippen LogP contribution is 2.33. The number of amides is 1. The van der Waals surface area contributed by atoms with Crippen molar-refractivity contribution in [2.24, 2.45) is 0 Å². The van der Waals surface area contributed by atoms with Gasteiger partial charge in [0, 0.05) is 13.7 Å². The summed E-state index contributed by atoms with van der Waals surface area (Å²) in [5, 5.41) is 2.78. The quantitative estimate of drug-likeness (QED) is 0.638. The fraction of sp³-hybridized carbons (Fsp3) is 0.533. The summed E-state index contributed by atoms with van der Waals surface area (Å²) >= 11 is 0. The van der Waals surface area contributed by atoms with Crippen molar-refractivity contribution in [3.05, 3.63) is 23.3 Å². The van der Waals surface area contributed by atoms with Crippen LogP contribution in [-0.2, 0) is 10.2 Å². The molecule has 0 saturated carbocycles. The van der Waals surface area contributed by atoms with Gasteiger partial charge in [-0.3, -0.25) is 4.79 Å². The van der Waals surface area contributed by atoms with Crippen LogP contribution in [0.2, 0.25) is 0 Å². The molecule has 0 unspecified atom stereocenters. The van der Waals surface area contributed by atoms with E-state index in [0.29, 0.717) is 30.2 Å². The highest BCUT2D eigenvalue weighted by atomic mass is 16.5. The van der Waals surface area contributed by atoms with E-state index in [1.165, 1.54) is 7.11 Å². The zero-order chi connectivity index (χ0) is 15.3. The molecule has 5 heteroatoms. The molecule has 0 atom stereocenters. The number of ether oxygens (including phenoxy) is 2. The Morgan fingerprint density at radius 1 is 1.30 bits per heavy atom. The molecule has 0 aromatic heterocycles. The van der Waals surface area contributed by atoms with Crippen LogP contribution in [0.1, 0.15) is 36.7 Å². The minimum Gasteiger partial charge on any atom is -0.494 e. The molecule has 20 heavy (non-hydrogen) atoms. The highest BCUT2D eigenvalue weighted by molar-refractivity contribution is 5.99. The minimum absolute atomic E-state index is 0.0953. The third-order valence-corrected chi connectivity index (χ3v) is 3.02. The molecule has 3 N–H and O–H groups in total. The van der Waals surface area contributed by atoms with Crippen LogP contribution in [-0.4, -0.2) is 33.3 Å². The van der Waals surface area contributed by atoms with Gasteiger partial charge < -0.3 is 20.5 Å². The van der Waals surface area contributed by atoms with E-state index in [1.807, 2.05) is 12.1 Å². The Morgan fingerprint density at radius 3 is 2.45 bits per heavy atom. The number of carbonyl (C=O) groups excluding carboxylic acids is 1. The smallest absolute Gasteiger partial charge is 0.255 e. The monoisotopic (exact) mass is 280 g/mol. The van der Waals surface area contributed by atoms with E-state index in [-0.39, 0.29) is 11.3 Å². The number of nitrogens with two attached hydrogens (primary N) is 1. The second kappa shape index (κ2) is 6.61. The maximum Gasteiger partial charge on any atom is 0.255 e. The first kappa shape index (κ1) is 16.3. The molecule has 0 saturated heterocycles. The van der Waals surface area contributed by atoms with E-state index < -0.39 is 0 Å². The van der Waals surface area contributed by atoms with Gasteiger partial charge >= 0.3 is 0 Å². The number of rotatable bonds is 5. The molecule has 0 aliphatic carbocycles. The predicted molar refractivity (Wildman–Crippen MR) is 80.3 cm³/mol. The molecule has 0 aliphatic heterocycles. The molecule has 1 rings (SSSR count). The van der Waals surface area contributed by atoms with Crippen LogP contribution in [0.25, 0.3) is 0 Å². The largest absolute Gasteiger partial charge is 0.494 e. The molecule has 0 heterocycles. The molecule has 0 bridgehead atoms. The van der Waals surface area contributed by atoms with Gasteiger partial charge in [-0.1, -0.05) is 20.8 Å². The normalized spacial score (nSPS) is 11.2. The molecule has 0 spiro atoms. The second-order valence-electron chi connectivity index (χ2n) is 5.64. The first-order valence-electron chi connectivity index (χ1n) is 6.56. The Kier molecular flexibility index (Phi) is 5.39. The number of nitrogens with one attached hydrogen (secondary N) is 1. The molecule has 0 fully saturated rings. The van der Waals surface area contributed by atoms with Gasteiger partial charge in [0.15, 0.2) is 5.75 Å². The molecule has 1 amide bonds. The van der Waals surface area contributed by atoms with Gasteiger partial charge in [0.1, 0.15) is 0 Å². The van der Waals surface area contributed by atoms with Crippen molar-refractivity contribution >= 4 is 11.6 Å². The summed E-state index contributed by atoms with van der Waals surface area (Å²) in [4.78, 5) is 12.2. The standard InChI is InChI=1S/C15H24N2O3/c1-15(2,3)10-8-11(13(20-5)12(16)9-10)14(18)17-6-7-19-4/h8-9H,6-7,16H2,1-5H3,(H,17,18). The Labute approximate surface area is 120 Å². The summed E-state index contributed by atoms with van der Waals surface area (Å²) < 4.78 is 10.2. The van der Waals surface area contributed by atoms with Crippen LogP contribution in [0.5, 0.6) is 5.75 Å². The molecule has 1 aromatic carbocycles. The average Bonchev–Trinajstić information content (AvgIpc) is 2.36. The number of nitrogen functional groups attached to an aromatic ring is 1. The van der Waals surface area contributed by atoms with Crippen LogP contribution < -0.4 is 15.8 Å². The van der Waals surface area contributed by atoms with Crippen molar-refractivity contribution in [1.29, 1.82) is 0 Å². The van der Waals surface area contributed by atoms with Crippen molar-refractivity contribution in [1.82, 2.24) is 5.32 Å². The van der Waals surface area contributed by atoms with Crippen LogP contribution in [0.4, 0.5) is 5.69 Å². The SMILES string of the molecule is COCCNC(=O)c1cc(C(C)(C)C)cc(N)c1OC. The van der Waals surface area contributed by atoms with Crippen LogP contribution in [0, 0.1) is 0 Å². The van der Waals surface area contributed by atoms with Gasteiger partial charge in [-0.25, -0.2) is 0 Å². The first-order valence-corrected chi connectivity index (χ1v) is 6.56. The molecular formula is C15H24N2O3. The lowest BCUT2D eigenvalue weighted by molar-refractivity contribution is 0.0934. The van der Waals surface area contributed by atoms with Crippen LogP contribution in [0.15, 0.2) is 12.1 Å². The molecule has 1 aromatic rings. The topological polar surface area (TPSA) is 73.6 Å². The van der Waals surface area contributed by atoms with Gasteiger partial charge in [-0.2, -0.15) is 0 Å². The number of hydrogen-bond acceptors (Lipinski definition) is 4. The Bertz CT molecular complexity index is 479. The Hall–Kier alpha value is -1.75. The van der Waals surface area contributed by atoms with Crippen LogP contribution in [0.3, 0.4) is 0 Å². The van der Waals surface area contributed by atoms with Gasteiger partial charge in [-0.15, -0.1) is 0 Å². The van der Waals surface area contributed by atoms with E-state index in [4.69, 9.17) is 15.2 Å². The fourth-order valence-corrected chi connectivity index (χ4v) is 1.84. The van der Waals surface area contributed by atoms with Crippen molar-refractivity contribution in [2.45, 2.75) is 26.2 Å². The number of methoxy groups -OCH3 is 2. The van der Waals surface area contributed by atoms with Gasteiger partial charge in [0.2, 0.25) is 0 Å². The van der Waals surface area contributed by atoms with Gasteiger partial charge in [0.05, 0.1) is 25.0 Å². The summed E-state index contributed by atoms with van der Waals surface area (Å²) in [7, 11) is 3.10. The van der Waals surface area contributed by atoms with Crippen LogP contribution >= 0.6 is 0 Å². The number of hydrogen-bond donors (Lipinski definition) is 2. The van der Waals surface area contributed by atoms with E-state index in [2.05, 4.69) is 26.1 Å². The number of carbonyl (C=O) groups is 1. The molecule has 0 radical (unpaired) electrons. The van der Waals surface area contributed by atoms with E-state index in [1.54, 1.807) is 7.11 Å². The summed E-state index contributed by atoms with van der Waals surface area (Å²) in [5.74, 6) is 0.199. The lowest BCUT2D eigenvalue weighted by atomic mass is 9.85. The van der Waals surface area contributed by atoms with Crippen molar-refractivity contribution in [3.8, 4) is 5.75 Å². The third kappa shape index (κ3) is 3.87. The zero-order valence-electron chi connectivity index (χ0n) is 12.9. The molecule has 5 nitrogen and oxygen atoms in total. The van der Waals surface area contributed by atoms with Crippen molar-refractivity contribution in [2.75, 3.05) is 33.1 Å². The molecule has 0 aliphatic rings. The zero-order valence-corrected chi connectivity index (χ0v) is 12.9. The summed E-state index contributed by atoms with van der Waals surface area (Å²) in [6.45, 7) is 7.11. The number of benzene rings is 1. The fourth-order valence-electron chi connectivity index (χ4n) is 1.84. The first-order chi connectivity index (χ1) is 9.31. The van der Waals surface area contributed by atoms with Gasteiger partial charge in [-0.05, 0) is 23.1 Å². The highest BCUT2D eigenvalue weighted by Gasteiger charge is 2.21. The predicted octanol–water partition coefficient (Wildman–Crippen LogP) is 1.95. The van der Waals surface area contributed by atoms with Crippen molar-refractivity contribution in [3.63, 3.8) is 0 Å². The third-order valence-electron chi connectivity index (χ3n) is 3.02.